The van der Waals surface area contributed by atoms with Gasteiger partial charge in [0, 0.05) is 16.1 Å². The summed E-state index contributed by atoms with van der Waals surface area (Å²) in [7, 11) is 1.54. The van der Waals surface area contributed by atoms with Gasteiger partial charge in [0.15, 0.2) is 0 Å². The van der Waals surface area contributed by atoms with E-state index in [0.29, 0.717) is 22.7 Å². The van der Waals surface area contributed by atoms with Crippen molar-refractivity contribution in [3.63, 3.8) is 0 Å². The highest BCUT2D eigenvalue weighted by Crippen LogP contribution is 2.31. The van der Waals surface area contributed by atoms with Crippen LogP contribution in [0, 0.1) is 13.8 Å². The normalized spacial score (nSPS) is 14.8. The lowest BCUT2D eigenvalue weighted by molar-refractivity contribution is -0.122. The Hall–Kier alpha value is -3.91. The van der Waals surface area contributed by atoms with E-state index < -0.39 is 17.8 Å². The van der Waals surface area contributed by atoms with Crippen molar-refractivity contribution in [1.29, 1.82) is 0 Å². The number of barbiturate groups is 1. The van der Waals surface area contributed by atoms with Gasteiger partial charge in [-0.15, -0.1) is 0 Å². The molecular weight excluding hydrogens is 512 g/mol. The van der Waals surface area contributed by atoms with Crippen LogP contribution < -0.4 is 19.7 Å². The van der Waals surface area contributed by atoms with E-state index in [4.69, 9.17) is 9.47 Å². The molecular formula is C27H23BrN2O5. The van der Waals surface area contributed by atoms with Crippen LogP contribution in [0.15, 0.2) is 70.7 Å². The van der Waals surface area contributed by atoms with E-state index in [1.165, 1.54) is 13.2 Å². The maximum Gasteiger partial charge on any atom is 0.335 e. The number of nitrogens with zero attached hydrogens (tertiary/aromatic N) is 1. The van der Waals surface area contributed by atoms with Gasteiger partial charge in [-0.3, -0.25) is 14.9 Å². The number of nitrogens with one attached hydrogen (secondary N) is 1. The van der Waals surface area contributed by atoms with Crippen molar-refractivity contribution in [1.82, 2.24) is 5.32 Å². The first-order valence-corrected chi connectivity index (χ1v) is 11.6. The smallest absolute Gasteiger partial charge is 0.335 e. The number of urea groups is 1. The van der Waals surface area contributed by atoms with Crippen LogP contribution >= 0.6 is 15.9 Å². The topological polar surface area (TPSA) is 84.9 Å². The van der Waals surface area contributed by atoms with E-state index in [-0.39, 0.29) is 12.2 Å². The van der Waals surface area contributed by atoms with Gasteiger partial charge < -0.3 is 9.47 Å². The molecule has 1 aliphatic rings. The summed E-state index contributed by atoms with van der Waals surface area (Å²) in [5.74, 6) is -0.488. The minimum atomic E-state index is -0.785. The van der Waals surface area contributed by atoms with Crippen LogP contribution in [0.2, 0.25) is 0 Å². The molecule has 178 valence electrons. The van der Waals surface area contributed by atoms with E-state index in [0.717, 1.165) is 26.1 Å². The van der Waals surface area contributed by atoms with Crippen LogP contribution in [-0.4, -0.2) is 25.0 Å². The van der Waals surface area contributed by atoms with Crippen LogP contribution in [0.5, 0.6) is 11.5 Å². The van der Waals surface area contributed by atoms with Gasteiger partial charge in [-0.25, -0.2) is 9.69 Å². The molecule has 0 unspecified atom stereocenters. The Kier molecular flexibility index (Phi) is 7.02. The first-order valence-electron chi connectivity index (χ1n) is 10.8. The number of hydrogen-bond acceptors (Lipinski definition) is 5. The lowest BCUT2D eigenvalue weighted by atomic mass is 10.0. The molecule has 1 aliphatic heterocycles. The zero-order valence-electron chi connectivity index (χ0n) is 19.4. The number of methoxy groups -OCH3 is 1. The summed E-state index contributed by atoms with van der Waals surface area (Å²) in [6.45, 7) is 3.98. The second-order valence-corrected chi connectivity index (χ2v) is 8.91. The summed E-state index contributed by atoms with van der Waals surface area (Å²) < 4.78 is 12.3. The van der Waals surface area contributed by atoms with Gasteiger partial charge in [0.25, 0.3) is 11.8 Å². The van der Waals surface area contributed by atoms with E-state index >= 15 is 0 Å². The maximum atomic E-state index is 13.4. The largest absolute Gasteiger partial charge is 0.497 e. The predicted molar refractivity (Wildman–Crippen MR) is 136 cm³/mol. The number of hydrogen-bond donors (Lipinski definition) is 1. The Morgan fingerprint density at radius 1 is 1.00 bits per heavy atom. The molecule has 0 aliphatic carbocycles. The summed E-state index contributed by atoms with van der Waals surface area (Å²) in [6.07, 6.45) is 1.43. The lowest BCUT2D eigenvalue weighted by Gasteiger charge is -2.28. The molecule has 7 nitrogen and oxygen atoms in total. The zero-order chi connectivity index (χ0) is 25.1. The minimum absolute atomic E-state index is 0.177. The molecule has 4 rings (SSSR count). The maximum absolute atomic E-state index is 13.4. The molecule has 1 fully saturated rings. The molecule has 1 saturated heterocycles. The third kappa shape index (κ3) is 5.12. The Morgan fingerprint density at radius 2 is 1.74 bits per heavy atom. The second kappa shape index (κ2) is 10.1. The van der Waals surface area contributed by atoms with Crippen molar-refractivity contribution in [3.05, 3.63) is 93.0 Å². The summed E-state index contributed by atoms with van der Waals surface area (Å²) in [6, 6.07) is 17.3. The zero-order valence-corrected chi connectivity index (χ0v) is 21.0. The number of carbonyl (C=O) groups excluding carboxylic acids is 3. The molecule has 0 bridgehead atoms. The number of amides is 4. The van der Waals surface area contributed by atoms with E-state index in [1.54, 1.807) is 30.3 Å². The first-order chi connectivity index (χ1) is 16.8. The molecule has 3 aromatic carbocycles. The number of anilines is 1. The molecule has 0 spiro atoms. The average molecular weight is 535 g/mol. The molecule has 0 radical (unpaired) electrons. The van der Waals surface area contributed by atoms with Gasteiger partial charge in [-0.2, -0.15) is 0 Å². The predicted octanol–water partition coefficient (Wildman–Crippen LogP) is 5.32. The number of imide groups is 2. The van der Waals surface area contributed by atoms with Crippen molar-refractivity contribution < 1.29 is 23.9 Å². The average Bonchev–Trinajstić information content (AvgIpc) is 2.84. The van der Waals surface area contributed by atoms with Crippen LogP contribution in [0.3, 0.4) is 0 Å². The highest BCUT2D eigenvalue weighted by atomic mass is 79.9. The van der Waals surface area contributed by atoms with Gasteiger partial charge in [-0.1, -0.05) is 40.2 Å². The number of aryl methyl sites for hydroxylation is 1. The number of benzene rings is 3. The fourth-order valence-electron chi connectivity index (χ4n) is 3.64. The molecule has 1 N–H and O–H groups in total. The summed E-state index contributed by atoms with van der Waals surface area (Å²) in [5.41, 5.74) is 3.37. The van der Waals surface area contributed by atoms with E-state index in [1.807, 2.05) is 44.2 Å². The number of carbonyl (C=O) groups is 3. The highest BCUT2D eigenvalue weighted by molar-refractivity contribution is 9.10. The van der Waals surface area contributed by atoms with Crippen LogP contribution in [0.4, 0.5) is 10.5 Å². The van der Waals surface area contributed by atoms with Gasteiger partial charge in [0.1, 0.15) is 23.7 Å². The van der Waals surface area contributed by atoms with Gasteiger partial charge in [0.05, 0.1) is 12.8 Å². The highest BCUT2D eigenvalue weighted by Gasteiger charge is 2.37. The first kappa shape index (κ1) is 24.2. The molecule has 0 aromatic heterocycles. The molecule has 4 amide bonds. The molecule has 35 heavy (non-hydrogen) atoms. The van der Waals surface area contributed by atoms with Gasteiger partial charge in [-0.05, 0) is 66.9 Å². The Bertz CT molecular complexity index is 1350. The van der Waals surface area contributed by atoms with Crippen molar-refractivity contribution in [2.24, 2.45) is 0 Å². The van der Waals surface area contributed by atoms with Crippen molar-refractivity contribution >= 4 is 45.5 Å². The Labute approximate surface area is 211 Å². The Morgan fingerprint density at radius 3 is 2.46 bits per heavy atom. The summed E-state index contributed by atoms with van der Waals surface area (Å²) in [5, 5.41) is 2.27. The molecule has 0 atom stereocenters. The molecule has 8 heteroatoms. The van der Waals surface area contributed by atoms with Crippen molar-refractivity contribution in [2.75, 3.05) is 12.0 Å². The third-order valence-corrected chi connectivity index (χ3v) is 6.28. The fourth-order valence-corrected chi connectivity index (χ4v) is 3.90. The lowest BCUT2D eigenvalue weighted by Crippen LogP contribution is -2.54. The second-order valence-electron chi connectivity index (χ2n) is 8.00. The fraction of sp³-hybridized carbons (Fsp3) is 0.148. The third-order valence-electron chi connectivity index (χ3n) is 5.75. The van der Waals surface area contributed by atoms with Crippen LogP contribution in [0.25, 0.3) is 6.08 Å². The number of rotatable bonds is 6. The number of halogens is 1. The summed E-state index contributed by atoms with van der Waals surface area (Å²) in [4.78, 5) is 39.6. The standard InChI is InChI=1S/C27H23BrN2O5/c1-16-5-4-6-23(17(16)2)30-26(32)22(25(31)29-27(30)33)13-19-9-12-21(34-3)14-24(19)35-15-18-7-10-20(28)11-8-18/h4-14H,15H2,1-3H3,(H,29,31,33)/b22-13+. The molecule has 0 saturated carbocycles. The summed E-state index contributed by atoms with van der Waals surface area (Å²) >= 11 is 3.41. The van der Waals surface area contributed by atoms with Crippen molar-refractivity contribution in [2.45, 2.75) is 20.5 Å². The van der Waals surface area contributed by atoms with E-state index in [2.05, 4.69) is 21.2 Å². The van der Waals surface area contributed by atoms with Crippen molar-refractivity contribution in [3.8, 4) is 11.5 Å². The molecule has 1 heterocycles. The monoisotopic (exact) mass is 534 g/mol. The van der Waals surface area contributed by atoms with Crippen LogP contribution in [-0.2, 0) is 16.2 Å². The van der Waals surface area contributed by atoms with Gasteiger partial charge in [0.2, 0.25) is 0 Å². The quantitative estimate of drug-likeness (QED) is 0.341. The Balaban J connectivity index is 1.70. The minimum Gasteiger partial charge on any atom is -0.497 e. The van der Waals surface area contributed by atoms with E-state index in [9.17, 15) is 14.4 Å². The molecule has 3 aromatic rings. The van der Waals surface area contributed by atoms with Crippen LogP contribution in [0.1, 0.15) is 22.3 Å². The van der Waals surface area contributed by atoms with Gasteiger partial charge >= 0.3 is 6.03 Å². The SMILES string of the molecule is COc1ccc(/C=C2\C(=O)NC(=O)N(c3cccc(C)c3C)C2=O)c(OCc2ccc(Br)cc2)c1. The number of ether oxygens (including phenoxy) is 2.